The minimum Gasteiger partial charge on any atom is -0.310 e. The molecule has 1 heterocycles. The average molecular weight is 519 g/mol. The summed E-state index contributed by atoms with van der Waals surface area (Å²) in [4.78, 5) is 17.0. The van der Waals surface area contributed by atoms with Gasteiger partial charge in [-0.1, -0.05) is 11.6 Å². The minimum absolute atomic E-state index is 0.00526. The number of halogens is 6. The molecule has 184 valence electrons. The van der Waals surface area contributed by atoms with Crippen molar-refractivity contribution < 1.29 is 26.7 Å². The molecule has 4 rings (SSSR count). The number of benzene rings is 3. The molecule has 0 saturated carbocycles. The van der Waals surface area contributed by atoms with Crippen molar-refractivity contribution in [1.82, 2.24) is 15.5 Å². The molecule has 3 aromatic carbocycles. The largest absolute Gasteiger partial charge is 0.416 e. The Morgan fingerprint density at radius 3 is 2.28 bits per heavy atom. The van der Waals surface area contributed by atoms with Crippen LogP contribution in [0.2, 0.25) is 5.02 Å². The molecule has 0 saturated heterocycles. The molecule has 1 amide bonds. The van der Waals surface area contributed by atoms with Gasteiger partial charge in [0.25, 0.3) is 5.91 Å². The molecule has 2 N–H and O–H groups in total. The van der Waals surface area contributed by atoms with Crippen LogP contribution in [0.5, 0.6) is 0 Å². The number of aromatic amines is 1. The van der Waals surface area contributed by atoms with E-state index in [4.69, 9.17) is 11.6 Å². The van der Waals surface area contributed by atoms with Crippen LogP contribution in [-0.2, 0) is 12.6 Å². The molecule has 0 atom stereocenters. The average Bonchev–Trinajstić information content (AvgIpc) is 3.26. The summed E-state index contributed by atoms with van der Waals surface area (Å²) < 4.78 is 65.5. The van der Waals surface area contributed by atoms with E-state index in [1.54, 1.807) is 18.2 Å². The molecule has 0 aliphatic carbocycles. The Labute approximate surface area is 206 Å². The number of alkyl halides is 3. The molecule has 11 heteroatoms. The van der Waals surface area contributed by atoms with Gasteiger partial charge >= 0.3 is 6.18 Å². The number of hydrogen-bond donors (Lipinski definition) is 2. The van der Waals surface area contributed by atoms with Crippen molar-refractivity contribution in [3.8, 4) is 11.3 Å². The smallest absolute Gasteiger partial charge is 0.310 e. The van der Waals surface area contributed by atoms with E-state index in [2.05, 4.69) is 20.5 Å². The molecule has 1 aromatic heterocycles. The van der Waals surface area contributed by atoms with Crippen LogP contribution >= 0.6 is 11.6 Å². The lowest BCUT2D eigenvalue weighted by Gasteiger charge is -2.10. The van der Waals surface area contributed by atoms with Crippen molar-refractivity contribution in [1.29, 1.82) is 0 Å². The SMILES string of the molecule is O=C(NC(Cc1cc(-c2ccc(F)cc2)n[nH]1)=Nc1cc(F)cc(Cl)c1)c1ccc(C(F)(F)F)cc1. The lowest BCUT2D eigenvalue weighted by Crippen LogP contribution is -2.32. The van der Waals surface area contributed by atoms with Crippen LogP contribution < -0.4 is 5.32 Å². The Kier molecular flexibility index (Phi) is 7.16. The number of aromatic nitrogens is 2. The first-order chi connectivity index (χ1) is 17.1. The number of aliphatic imine (C=N–C) groups is 1. The molecule has 0 aliphatic rings. The lowest BCUT2D eigenvalue weighted by molar-refractivity contribution is -0.137. The first kappa shape index (κ1) is 25.1. The quantitative estimate of drug-likeness (QED) is 0.175. The highest BCUT2D eigenvalue weighted by molar-refractivity contribution is 6.30. The van der Waals surface area contributed by atoms with Gasteiger partial charge < -0.3 is 5.32 Å². The van der Waals surface area contributed by atoms with E-state index in [1.165, 1.54) is 18.2 Å². The zero-order valence-electron chi connectivity index (χ0n) is 18.2. The van der Waals surface area contributed by atoms with Gasteiger partial charge in [0.15, 0.2) is 0 Å². The van der Waals surface area contributed by atoms with Crippen molar-refractivity contribution in [2.75, 3.05) is 0 Å². The molecule has 4 aromatic rings. The van der Waals surface area contributed by atoms with Gasteiger partial charge in [-0.2, -0.15) is 18.3 Å². The maximum absolute atomic E-state index is 13.8. The number of nitrogens with one attached hydrogen (secondary N) is 2. The third-order valence-corrected chi connectivity index (χ3v) is 5.19. The van der Waals surface area contributed by atoms with Crippen molar-refractivity contribution >= 4 is 29.0 Å². The number of nitrogens with zero attached hydrogens (tertiary/aromatic N) is 2. The monoisotopic (exact) mass is 518 g/mol. The Hall–Kier alpha value is -4.05. The van der Waals surface area contributed by atoms with Crippen LogP contribution in [0.25, 0.3) is 11.3 Å². The van der Waals surface area contributed by atoms with E-state index < -0.39 is 29.3 Å². The maximum atomic E-state index is 13.8. The van der Waals surface area contributed by atoms with Gasteiger partial charge in [0.2, 0.25) is 0 Å². The van der Waals surface area contributed by atoms with Crippen LogP contribution in [0, 0.1) is 11.6 Å². The van der Waals surface area contributed by atoms with E-state index in [1.807, 2.05) is 0 Å². The van der Waals surface area contributed by atoms with Crippen LogP contribution in [0.4, 0.5) is 27.6 Å². The molecule has 0 fully saturated rings. The Morgan fingerprint density at radius 1 is 0.944 bits per heavy atom. The third-order valence-electron chi connectivity index (χ3n) is 4.97. The second-order valence-corrected chi connectivity index (χ2v) is 8.11. The van der Waals surface area contributed by atoms with Crippen molar-refractivity contribution in [3.05, 3.63) is 106 Å². The van der Waals surface area contributed by atoms with Gasteiger partial charge in [0.05, 0.1) is 16.9 Å². The molecule has 0 spiro atoms. The topological polar surface area (TPSA) is 70.1 Å². The standard InChI is InChI=1S/C25H16ClF5N4O/c26-17-9-19(28)11-20(10-17)32-23(33-24(36)15-1-5-16(6-2-15)25(29,30)31)13-21-12-22(35-34-21)14-3-7-18(27)8-4-14/h1-12H,13H2,(H,34,35)(H,32,33,36). The summed E-state index contributed by atoms with van der Waals surface area (Å²) in [6, 6.07) is 14.6. The first-order valence-corrected chi connectivity index (χ1v) is 10.8. The number of carbonyl (C=O) groups excluding carboxylic acids is 1. The predicted octanol–water partition coefficient (Wildman–Crippen LogP) is 6.73. The molecule has 0 bridgehead atoms. The summed E-state index contributed by atoms with van der Waals surface area (Å²) in [5.41, 5.74) is 0.831. The van der Waals surface area contributed by atoms with Crippen LogP contribution in [0.3, 0.4) is 0 Å². The first-order valence-electron chi connectivity index (χ1n) is 10.4. The van der Waals surface area contributed by atoms with Gasteiger partial charge in [0.1, 0.15) is 17.5 Å². The zero-order valence-corrected chi connectivity index (χ0v) is 19.0. The van der Waals surface area contributed by atoms with Gasteiger partial charge in [0, 0.05) is 28.3 Å². The number of amidine groups is 1. The third kappa shape index (κ3) is 6.33. The highest BCUT2D eigenvalue weighted by atomic mass is 35.5. The summed E-state index contributed by atoms with van der Waals surface area (Å²) in [5, 5.41) is 9.60. The number of hydrogen-bond acceptors (Lipinski definition) is 3. The molecular formula is C25H16ClF5N4O. The van der Waals surface area contributed by atoms with E-state index in [0.717, 1.165) is 36.4 Å². The van der Waals surface area contributed by atoms with Gasteiger partial charge in [-0.25, -0.2) is 13.8 Å². The Bertz CT molecular complexity index is 1390. The molecule has 0 unspecified atom stereocenters. The molecule has 5 nitrogen and oxygen atoms in total. The predicted molar refractivity (Wildman–Crippen MR) is 125 cm³/mol. The number of H-pyrrole nitrogens is 1. The molecule has 36 heavy (non-hydrogen) atoms. The summed E-state index contributed by atoms with van der Waals surface area (Å²) >= 11 is 5.90. The minimum atomic E-state index is -4.54. The van der Waals surface area contributed by atoms with Crippen LogP contribution in [0.15, 0.2) is 77.8 Å². The molecule has 0 radical (unpaired) electrons. The Balaban J connectivity index is 1.61. The summed E-state index contributed by atoms with van der Waals surface area (Å²) in [5.74, 6) is -1.71. The Morgan fingerprint density at radius 2 is 1.64 bits per heavy atom. The fourth-order valence-electron chi connectivity index (χ4n) is 3.29. The molecular weight excluding hydrogens is 503 g/mol. The fraction of sp³-hybridized carbons (Fsp3) is 0.0800. The summed E-state index contributed by atoms with van der Waals surface area (Å²) in [6.45, 7) is 0. The highest BCUT2D eigenvalue weighted by Gasteiger charge is 2.30. The highest BCUT2D eigenvalue weighted by Crippen LogP contribution is 2.29. The van der Waals surface area contributed by atoms with Crippen LogP contribution in [-0.4, -0.2) is 21.9 Å². The second kappa shape index (κ2) is 10.3. The maximum Gasteiger partial charge on any atom is 0.416 e. The van der Waals surface area contributed by atoms with E-state index in [0.29, 0.717) is 17.0 Å². The van der Waals surface area contributed by atoms with E-state index in [9.17, 15) is 26.7 Å². The van der Waals surface area contributed by atoms with Crippen molar-refractivity contribution in [2.45, 2.75) is 12.6 Å². The van der Waals surface area contributed by atoms with Crippen molar-refractivity contribution in [3.63, 3.8) is 0 Å². The fourth-order valence-corrected chi connectivity index (χ4v) is 3.50. The lowest BCUT2D eigenvalue weighted by atomic mass is 10.1. The second-order valence-electron chi connectivity index (χ2n) is 7.68. The molecule has 0 aliphatic heterocycles. The number of amides is 1. The van der Waals surface area contributed by atoms with Gasteiger partial charge in [-0.05, 0) is 72.8 Å². The van der Waals surface area contributed by atoms with Crippen LogP contribution in [0.1, 0.15) is 21.6 Å². The van der Waals surface area contributed by atoms with E-state index in [-0.39, 0.29) is 28.5 Å². The summed E-state index contributed by atoms with van der Waals surface area (Å²) in [7, 11) is 0. The van der Waals surface area contributed by atoms with Gasteiger partial charge in [-0.15, -0.1) is 0 Å². The normalized spacial score (nSPS) is 12.0. The number of carbonyl (C=O) groups is 1. The van der Waals surface area contributed by atoms with Gasteiger partial charge in [-0.3, -0.25) is 9.89 Å². The van der Waals surface area contributed by atoms with Crippen molar-refractivity contribution in [2.24, 2.45) is 4.99 Å². The van der Waals surface area contributed by atoms with E-state index >= 15 is 0 Å². The zero-order chi connectivity index (χ0) is 25.9. The summed E-state index contributed by atoms with van der Waals surface area (Å²) in [6.07, 6.45) is -4.55. The number of rotatable bonds is 5.